The molecule has 25 heavy (non-hydrogen) atoms. The SMILES string of the molecule is C=C(C)C(=O)OCCCc1ccccc1C=CC(=O)c1ccccc1. The van der Waals surface area contributed by atoms with Crippen LogP contribution in [0.25, 0.3) is 6.08 Å². The lowest BCUT2D eigenvalue weighted by Crippen LogP contribution is -2.07. The number of aryl methyl sites for hydroxylation is 1. The van der Waals surface area contributed by atoms with Crippen LogP contribution in [0.4, 0.5) is 0 Å². The molecule has 2 rings (SSSR count). The van der Waals surface area contributed by atoms with E-state index >= 15 is 0 Å². The normalized spacial score (nSPS) is 10.6. The van der Waals surface area contributed by atoms with E-state index in [1.165, 1.54) is 0 Å². The van der Waals surface area contributed by atoms with Crippen LogP contribution in [0.2, 0.25) is 0 Å². The fraction of sp³-hybridized carbons (Fsp3) is 0.182. The average molecular weight is 334 g/mol. The Morgan fingerprint density at radius 3 is 2.44 bits per heavy atom. The van der Waals surface area contributed by atoms with E-state index in [9.17, 15) is 9.59 Å². The maximum Gasteiger partial charge on any atom is 0.333 e. The highest BCUT2D eigenvalue weighted by Gasteiger charge is 2.05. The van der Waals surface area contributed by atoms with Gasteiger partial charge in [0.15, 0.2) is 5.78 Å². The Balaban J connectivity index is 1.96. The van der Waals surface area contributed by atoms with Gasteiger partial charge in [0.1, 0.15) is 0 Å². The maximum atomic E-state index is 12.2. The van der Waals surface area contributed by atoms with Gasteiger partial charge in [-0.2, -0.15) is 0 Å². The van der Waals surface area contributed by atoms with Crippen molar-refractivity contribution < 1.29 is 14.3 Å². The summed E-state index contributed by atoms with van der Waals surface area (Å²) in [6.07, 6.45) is 4.92. The van der Waals surface area contributed by atoms with Crippen LogP contribution in [0.5, 0.6) is 0 Å². The third-order valence-electron chi connectivity index (χ3n) is 3.70. The average Bonchev–Trinajstić information content (AvgIpc) is 2.64. The van der Waals surface area contributed by atoms with E-state index in [0.29, 0.717) is 17.7 Å². The zero-order valence-electron chi connectivity index (χ0n) is 14.4. The fourth-order valence-corrected chi connectivity index (χ4v) is 2.34. The van der Waals surface area contributed by atoms with Crippen LogP contribution in [0.1, 0.15) is 34.8 Å². The number of allylic oxidation sites excluding steroid dienone is 1. The standard InChI is InChI=1S/C22H22O3/c1-17(2)22(24)25-16-8-13-18-9-6-7-10-19(18)14-15-21(23)20-11-4-3-5-12-20/h3-7,9-12,14-15H,1,8,13,16H2,2H3. The molecule has 0 radical (unpaired) electrons. The summed E-state index contributed by atoms with van der Waals surface area (Å²) >= 11 is 0. The topological polar surface area (TPSA) is 43.4 Å². The molecule has 0 spiro atoms. The van der Waals surface area contributed by atoms with Gasteiger partial charge in [-0.25, -0.2) is 4.79 Å². The van der Waals surface area contributed by atoms with Gasteiger partial charge in [-0.05, 0) is 37.0 Å². The largest absolute Gasteiger partial charge is 0.462 e. The summed E-state index contributed by atoms with van der Waals surface area (Å²) in [4.78, 5) is 23.5. The van der Waals surface area contributed by atoms with Crippen molar-refractivity contribution in [2.24, 2.45) is 0 Å². The van der Waals surface area contributed by atoms with Crippen LogP contribution in [-0.4, -0.2) is 18.4 Å². The molecule has 2 aromatic carbocycles. The van der Waals surface area contributed by atoms with Crippen LogP contribution in [0.3, 0.4) is 0 Å². The van der Waals surface area contributed by atoms with Gasteiger partial charge in [0.25, 0.3) is 0 Å². The third kappa shape index (κ3) is 5.88. The van der Waals surface area contributed by atoms with E-state index in [4.69, 9.17) is 4.74 Å². The molecule has 0 amide bonds. The van der Waals surface area contributed by atoms with E-state index < -0.39 is 0 Å². The molecular weight excluding hydrogens is 312 g/mol. The molecule has 0 aromatic heterocycles. The molecule has 0 N–H and O–H groups in total. The molecule has 0 aliphatic carbocycles. The van der Waals surface area contributed by atoms with Gasteiger partial charge >= 0.3 is 5.97 Å². The molecule has 0 saturated carbocycles. The van der Waals surface area contributed by atoms with Crippen molar-refractivity contribution in [2.45, 2.75) is 19.8 Å². The molecule has 128 valence electrons. The van der Waals surface area contributed by atoms with Crippen LogP contribution < -0.4 is 0 Å². The van der Waals surface area contributed by atoms with Crippen molar-refractivity contribution in [3.05, 3.63) is 89.5 Å². The van der Waals surface area contributed by atoms with E-state index in [1.807, 2.05) is 48.5 Å². The first-order valence-corrected chi connectivity index (χ1v) is 8.26. The number of hydrogen-bond acceptors (Lipinski definition) is 3. The Labute approximate surface area is 148 Å². The third-order valence-corrected chi connectivity index (χ3v) is 3.70. The molecule has 0 atom stereocenters. The molecule has 3 heteroatoms. The summed E-state index contributed by atoms with van der Waals surface area (Å²) in [5, 5.41) is 0. The van der Waals surface area contributed by atoms with Gasteiger partial charge in [-0.3, -0.25) is 4.79 Å². The molecule has 0 saturated heterocycles. The minimum absolute atomic E-state index is 0.0224. The summed E-state index contributed by atoms with van der Waals surface area (Å²) in [5.41, 5.74) is 3.19. The second-order valence-corrected chi connectivity index (χ2v) is 5.78. The van der Waals surface area contributed by atoms with Crippen molar-refractivity contribution in [1.82, 2.24) is 0 Å². The predicted octanol–water partition coefficient (Wildman–Crippen LogP) is 4.63. The first kappa shape index (κ1) is 18.4. The lowest BCUT2D eigenvalue weighted by molar-refractivity contribution is -0.139. The van der Waals surface area contributed by atoms with Gasteiger partial charge in [0.05, 0.1) is 6.61 Å². The highest BCUT2D eigenvalue weighted by atomic mass is 16.5. The molecule has 0 fully saturated rings. The summed E-state index contributed by atoms with van der Waals surface area (Å²) in [7, 11) is 0. The number of ether oxygens (including phenoxy) is 1. The predicted molar refractivity (Wildman–Crippen MR) is 100 cm³/mol. The van der Waals surface area contributed by atoms with Gasteiger partial charge in [-0.15, -0.1) is 0 Å². The van der Waals surface area contributed by atoms with E-state index in [-0.39, 0.29) is 11.8 Å². The van der Waals surface area contributed by atoms with Crippen molar-refractivity contribution in [2.75, 3.05) is 6.61 Å². The van der Waals surface area contributed by atoms with E-state index in [2.05, 4.69) is 6.58 Å². The Morgan fingerprint density at radius 2 is 1.72 bits per heavy atom. The zero-order valence-corrected chi connectivity index (χ0v) is 14.4. The lowest BCUT2D eigenvalue weighted by Gasteiger charge is -2.07. The first-order chi connectivity index (χ1) is 12.1. The minimum atomic E-state index is -0.360. The maximum absolute atomic E-state index is 12.2. The van der Waals surface area contributed by atoms with E-state index in [0.717, 1.165) is 24.0 Å². The number of esters is 1. The van der Waals surface area contributed by atoms with Crippen molar-refractivity contribution in [3.63, 3.8) is 0 Å². The molecule has 0 heterocycles. The summed E-state index contributed by atoms with van der Waals surface area (Å²) in [5.74, 6) is -0.382. The monoisotopic (exact) mass is 334 g/mol. The Morgan fingerprint density at radius 1 is 1.04 bits per heavy atom. The number of hydrogen-bond donors (Lipinski definition) is 0. The van der Waals surface area contributed by atoms with Gasteiger partial charge in [-0.1, -0.05) is 67.3 Å². The quantitative estimate of drug-likeness (QED) is 0.306. The number of carbonyl (C=O) groups is 2. The molecule has 0 unspecified atom stereocenters. The second-order valence-electron chi connectivity index (χ2n) is 5.78. The summed E-state index contributed by atoms with van der Waals surface area (Å²) in [6.45, 7) is 5.54. The van der Waals surface area contributed by atoms with Gasteiger partial charge < -0.3 is 4.74 Å². The lowest BCUT2D eigenvalue weighted by atomic mass is 10.0. The Kier molecular flexibility index (Phi) is 6.90. The summed E-state index contributed by atoms with van der Waals surface area (Å²) in [6, 6.07) is 17.1. The first-order valence-electron chi connectivity index (χ1n) is 8.26. The van der Waals surface area contributed by atoms with Gasteiger partial charge in [0.2, 0.25) is 0 Å². The number of ketones is 1. The van der Waals surface area contributed by atoms with Crippen LogP contribution >= 0.6 is 0 Å². The minimum Gasteiger partial charge on any atom is -0.462 e. The fourth-order valence-electron chi connectivity index (χ4n) is 2.34. The van der Waals surface area contributed by atoms with Crippen molar-refractivity contribution in [3.8, 4) is 0 Å². The zero-order chi connectivity index (χ0) is 18.1. The number of rotatable bonds is 8. The molecule has 3 nitrogen and oxygen atoms in total. The van der Waals surface area contributed by atoms with E-state index in [1.54, 1.807) is 25.1 Å². The number of carbonyl (C=O) groups excluding carboxylic acids is 2. The highest BCUT2D eigenvalue weighted by Crippen LogP contribution is 2.14. The number of benzene rings is 2. The Bertz CT molecular complexity index is 773. The highest BCUT2D eigenvalue weighted by molar-refractivity contribution is 6.06. The molecule has 0 aliphatic heterocycles. The smallest absolute Gasteiger partial charge is 0.333 e. The summed E-state index contributed by atoms with van der Waals surface area (Å²) < 4.78 is 5.11. The van der Waals surface area contributed by atoms with Crippen LogP contribution in [0.15, 0.2) is 72.8 Å². The van der Waals surface area contributed by atoms with Crippen LogP contribution in [0, 0.1) is 0 Å². The molecule has 0 bridgehead atoms. The van der Waals surface area contributed by atoms with Crippen molar-refractivity contribution >= 4 is 17.8 Å². The van der Waals surface area contributed by atoms with Gasteiger partial charge in [0, 0.05) is 11.1 Å². The van der Waals surface area contributed by atoms with Crippen LogP contribution in [-0.2, 0) is 16.0 Å². The van der Waals surface area contributed by atoms with Crippen molar-refractivity contribution in [1.29, 1.82) is 0 Å². The second kappa shape index (κ2) is 9.38. The molecule has 2 aromatic rings. The molecular formula is C22H22O3. The molecule has 0 aliphatic rings. The Hall–Kier alpha value is -2.94.